The fourth-order valence-electron chi connectivity index (χ4n) is 1.84. The molecule has 1 aromatic rings. The van der Waals surface area contributed by atoms with E-state index in [-0.39, 0.29) is 5.75 Å². The summed E-state index contributed by atoms with van der Waals surface area (Å²) in [5.74, 6) is -0.0715. The highest BCUT2D eigenvalue weighted by atomic mass is 19.4. The van der Waals surface area contributed by atoms with E-state index >= 15 is 0 Å². The average Bonchev–Trinajstić information content (AvgIpc) is 2.19. The van der Waals surface area contributed by atoms with Crippen LogP contribution < -0.4 is 4.74 Å². The van der Waals surface area contributed by atoms with Crippen LogP contribution in [0.15, 0.2) is 12.1 Å². The highest BCUT2D eigenvalue weighted by Crippen LogP contribution is 2.30. The highest BCUT2D eigenvalue weighted by Gasteiger charge is 2.32. The van der Waals surface area contributed by atoms with E-state index < -0.39 is 6.36 Å². The van der Waals surface area contributed by atoms with E-state index in [1.165, 1.54) is 0 Å². The number of benzene rings is 1. The molecule has 0 saturated heterocycles. The summed E-state index contributed by atoms with van der Waals surface area (Å²) in [6, 6.07) is 3.54. The first kappa shape index (κ1) is 13.9. The number of ether oxygens (including phenoxy) is 1. The summed E-state index contributed by atoms with van der Waals surface area (Å²) in [5, 5.41) is 0. The van der Waals surface area contributed by atoms with Crippen LogP contribution in [0.3, 0.4) is 0 Å². The maximum atomic E-state index is 12.2. The summed E-state index contributed by atoms with van der Waals surface area (Å²) in [6.45, 7) is 5.37. The van der Waals surface area contributed by atoms with Gasteiger partial charge in [-0.05, 0) is 43.4 Å². The van der Waals surface area contributed by atoms with Crippen molar-refractivity contribution in [1.82, 2.24) is 0 Å². The number of alkyl halides is 3. The van der Waals surface area contributed by atoms with Crippen LogP contribution in [0.2, 0.25) is 0 Å². The zero-order chi connectivity index (χ0) is 13.1. The summed E-state index contributed by atoms with van der Waals surface area (Å²) in [6.07, 6.45) is -1.62. The Bertz CT molecular complexity index is 360. The van der Waals surface area contributed by atoms with Crippen molar-refractivity contribution in [2.75, 3.05) is 0 Å². The Kier molecular flexibility index (Phi) is 4.43. The van der Waals surface area contributed by atoms with Crippen LogP contribution in [0, 0.1) is 13.8 Å². The minimum Gasteiger partial charge on any atom is -0.405 e. The van der Waals surface area contributed by atoms with Crippen LogP contribution in [0.4, 0.5) is 13.2 Å². The minimum atomic E-state index is -4.62. The molecule has 0 bridgehead atoms. The highest BCUT2D eigenvalue weighted by molar-refractivity contribution is 5.43. The van der Waals surface area contributed by atoms with E-state index in [2.05, 4.69) is 11.7 Å². The van der Waals surface area contributed by atoms with Crippen molar-refractivity contribution in [3.8, 4) is 5.75 Å². The first-order chi connectivity index (χ1) is 7.83. The molecule has 0 aliphatic rings. The maximum Gasteiger partial charge on any atom is 0.573 e. The van der Waals surface area contributed by atoms with Gasteiger partial charge in [-0.15, -0.1) is 13.2 Å². The second-order valence-corrected chi connectivity index (χ2v) is 4.21. The fourth-order valence-corrected chi connectivity index (χ4v) is 1.84. The second kappa shape index (κ2) is 5.43. The predicted molar refractivity (Wildman–Crippen MR) is 61.2 cm³/mol. The molecule has 0 radical (unpaired) electrons. The van der Waals surface area contributed by atoms with Gasteiger partial charge in [-0.3, -0.25) is 0 Å². The zero-order valence-corrected chi connectivity index (χ0v) is 10.3. The molecule has 0 aliphatic heterocycles. The van der Waals surface area contributed by atoms with Crippen LogP contribution in [0.25, 0.3) is 0 Å². The molecular formula is C13H17F3O. The summed E-state index contributed by atoms with van der Waals surface area (Å²) in [5.41, 5.74) is 2.14. The van der Waals surface area contributed by atoms with Crippen molar-refractivity contribution in [2.24, 2.45) is 0 Å². The maximum absolute atomic E-state index is 12.2. The van der Waals surface area contributed by atoms with Crippen molar-refractivity contribution in [1.29, 1.82) is 0 Å². The molecule has 0 fully saturated rings. The Balaban J connectivity index is 2.94. The molecule has 0 heterocycles. The second-order valence-electron chi connectivity index (χ2n) is 4.21. The standard InChI is InChI=1S/C13H17F3O/c1-4-5-6-11-7-9(2)12(10(3)8-11)17-13(14,15)16/h7-8H,4-6H2,1-3H3. The molecular weight excluding hydrogens is 229 g/mol. The van der Waals surface area contributed by atoms with Gasteiger partial charge in [0.15, 0.2) is 0 Å². The first-order valence-electron chi connectivity index (χ1n) is 5.69. The monoisotopic (exact) mass is 246 g/mol. The Morgan fingerprint density at radius 2 is 1.65 bits per heavy atom. The normalized spacial score (nSPS) is 11.6. The Morgan fingerprint density at radius 1 is 1.12 bits per heavy atom. The topological polar surface area (TPSA) is 9.23 Å². The van der Waals surface area contributed by atoms with Gasteiger partial charge < -0.3 is 4.74 Å². The van der Waals surface area contributed by atoms with Crippen molar-refractivity contribution in [3.63, 3.8) is 0 Å². The molecule has 0 amide bonds. The van der Waals surface area contributed by atoms with Crippen molar-refractivity contribution in [2.45, 2.75) is 46.4 Å². The van der Waals surface area contributed by atoms with Crippen LogP contribution in [0.5, 0.6) is 5.75 Å². The van der Waals surface area contributed by atoms with E-state index in [0.29, 0.717) is 11.1 Å². The molecule has 96 valence electrons. The number of hydrogen-bond donors (Lipinski definition) is 0. The summed E-state index contributed by atoms with van der Waals surface area (Å²) in [4.78, 5) is 0. The predicted octanol–water partition coefficient (Wildman–Crippen LogP) is 4.54. The third-order valence-corrected chi connectivity index (χ3v) is 2.56. The van der Waals surface area contributed by atoms with Crippen molar-refractivity contribution < 1.29 is 17.9 Å². The Morgan fingerprint density at radius 3 is 2.06 bits per heavy atom. The average molecular weight is 246 g/mol. The molecule has 0 unspecified atom stereocenters. The van der Waals surface area contributed by atoms with Gasteiger partial charge in [0.25, 0.3) is 0 Å². The number of aryl methyl sites for hydroxylation is 3. The third kappa shape index (κ3) is 4.29. The molecule has 1 nitrogen and oxygen atoms in total. The SMILES string of the molecule is CCCCc1cc(C)c(OC(F)(F)F)c(C)c1. The van der Waals surface area contributed by atoms with Gasteiger partial charge in [0.05, 0.1) is 0 Å². The molecule has 1 aromatic carbocycles. The third-order valence-electron chi connectivity index (χ3n) is 2.56. The lowest BCUT2D eigenvalue weighted by Crippen LogP contribution is -2.18. The Hall–Kier alpha value is -1.19. The fraction of sp³-hybridized carbons (Fsp3) is 0.538. The lowest BCUT2D eigenvalue weighted by Gasteiger charge is -2.15. The molecule has 4 heteroatoms. The summed E-state index contributed by atoms with van der Waals surface area (Å²) >= 11 is 0. The van der Waals surface area contributed by atoms with E-state index in [4.69, 9.17) is 0 Å². The van der Waals surface area contributed by atoms with Crippen molar-refractivity contribution >= 4 is 0 Å². The van der Waals surface area contributed by atoms with Crippen LogP contribution in [0.1, 0.15) is 36.5 Å². The van der Waals surface area contributed by atoms with Gasteiger partial charge in [-0.1, -0.05) is 25.5 Å². The van der Waals surface area contributed by atoms with Gasteiger partial charge in [-0.2, -0.15) is 0 Å². The molecule has 0 spiro atoms. The van der Waals surface area contributed by atoms with E-state index in [9.17, 15) is 13.2 Å². The molecule has 0 aromatic heterocycles. The van der Waals surface area contributed by atoms with Crippen LogP contribution >= 0.6 is 0 Å². The summed E-state index contributed by atoms with van der Waals surface area (Å²) in [7, 11) is 0. The summed E-state index contributed by atoms with van der Waals surface area (Å²) < 4.78 is 40.6. The zero-order valence-electron chi connectivity index (χ0n) is 10.3. The molecule has 17 heavy (non-hydrogen) atoms. The smallest absolute Gasteiger partial charge is 0.405 e. The first-order valence-corrected chi connectivity index (χ1v) is 5.69. The van der Waals surface area contributed by atoms with Gasteiger partial charge in [0.2, 0.25) is 0 Å². The van der Waals surface area contributed by atoms with Crippen molar-refractivity contribution in [3.05, 3.63) is 28.8 Å². The van der Waals surface area contributed by atoms with Crippen LogP contribution in [-0.2, 0) is 6.42 Å². The van der Waals surface area contributed by atoms with Gasteiger partial charge in [0.1, 0.15) is 5.75 Å². The Labute approximate surface area is 99.6 Å². The number of halogens is 3. The number of rotatable bonds is 4. The van der Waals surface area contributed by atoms with Crippen LogP contribution in [-0.4, -0.2) is 6.36 Å². The van der Waals surface area contributed by atoms with E-state index in [1.54, 1.807) is 26.0 Å². The van der Waals surface area contributed by atoms with E-state index in [1.807, 2.05) is 0 Å². The van der Waals surface area contributed by atoms with E-state index in [0.717, 1.165) is 24.8 Å². The number of hydrogen-bond acceptors (Lipinski definition) is 1. The van der Waals surface area contributed by atoms with Gasteiger partial charge in [0, 0.05) is 0 Å². The molecule has 0 aliphatic carbocycles. The van der Waals surface area contributed by atoms with Gasteiger partial charge >= 0.3 is 6.36 Å². The minimum absolute atomic E-state index is 0.0715. The number of unbranched alkanes of at least 4 members (excludes halogenated alkanes) is 1. The lowest BCUT2D eigenvalue weighted by atomic mass is 10.0. The molecule has 0 N–H and O–H groups in total. The molecule has 0 atom stereocenters. The molecule has 0 saturated carbocycles. The molecule has 1 rings (SSSR count). The quantitative estimate of drug-likeness (QED) is 0.757. The largest absolute Gasteiger partial charge is 0.573 e. The lowest BCUT2D eigenvalue weighted by molar-refractivity contribution is -0.275. The van der Waals surface area contributed by atoms with Gasteiger partial charge in [-0.25, -0.2) is 0 Å².